The molecule has 0 amide bonds. The number of nitrogens with zero attached hydrogens (tertiary/aromatic N) is 1. The summed E-state index contributed by atoms with van der Waals surface area (Å²) in [6.45, 7) is 6.58. The number of thiophene rings is 2. The third kappa shape index (κ3) is 6.66. The van der Waals surface area contributed by atoms with Crippen LogP contribution in [0.25, 0.3) is 0 Å². The molecule has 2 aromatic rings. The van der Waals surface area contributed by atoms with Gasteiger partial charge in [0.1, 0.15) is 0 Å². The van der Waals surface area contributed by atoms with Crippen LogP contribution in [0.4, 0.5) is 0 Å². The van der Waals surface area contributed by atoms with E-state index in [0.29, 0.717) is 0 Å². The maximum Gasteiger partial charge on any atom is 0.191 e. The minimum Gasteiger partial charge on any atom is -0.357 e. The molecule has 0 fully saturated rings. The lowest BCUT2D eigenvalue weighted by molar-refractivity contribution is 0.825. The smallest absolute Gasteiger partial charge is 0.191 e. The van der Waals surface area contributed by atoms with Gasteiger partial charge in [0.05, 0.1) is 16.9 Å². The van der Waals surface area contributed by atoms with Gasteiger partial charge in [0.25, 0.3) is 0 Å². The summed E-state index contributed by atoms with van der Waals surface area (Å²) in [6, 6.07) is 8.47. The van der Waals surface area contributed by atoms with Gasteiger partial charge in [-0.25, -0.2) is 4.99 Å². The Labute approximate surface area is 159 Å². The SMILES string of the molecule is CCNC(=NCc1ccc(C)s1)NCc1ccc(Br)s1.I. The van der Waals surface area contributed by atoms with E-state index in [0.717, 1.165) is 29.4 Å². The van der Waals surface area contributed by atoms with E-state index < -0.39 is 0 Å². The van der Waals surface area contributed by atoms with Crippen molar-refractivity contribution in [1.29, 1.82) is 0 Å². The fourth-order valence-electron chi connectivity index (χ4n) is 1.69. The Hall–Kier alpha value is -0.120. The Morgan fingerprint density at radius 1 is 1.14 bits per heavy atom. The minimum atomic E-state index is 0. The molecule has 0 bridgehead atoms. The Balaban J connectivity index is 0.00000220. The average Bonchev–Trinajstić information content (AvgIpc) is 3.02. The van der Waals surface area contributed by atoms with Crippen LogP contribution in [0.15, 0.2) is 33.0 Å². The molecule has 0 radical (unpaired) electrons. The summed E-state index contributed by atoms with van der Waals surface area (Å²) in [5, 5.41) is 6.63. The molecule has 21 heavy (non-hydrogen) atoms. The summed E-state index contributed by atoms with van der Waals surface area (Å²) in [6.07, 6.45) is 0. The zero-order chi connectivity index (χ0) is 14.4. The second-order valence-electron chi connectivity index (χ2n) is 4.27. The molecule has 0 aliphatic carbocycles. The van der Waals surface area contributed by atoms with Crippen molar-refractivity contribution in [3.63, 3.8) is 0 Å². The van der Waals surface area contributed by atoms with Crippen molar-refractivity contribution in [3.05, 3.63) is 42.7 Å². The van der Waals surface area contributed by atoms with E-state index >= 15 is 0 Å². The summed E-state index contributed by atoms with van der Waals surface area (Å²) in [5.74, 6) is 0.864. The van der Waals surface area contributed by atoms with Gasteiger partial charge in [0.15, 0.2) is 5.96 Å². The number of halogens is 2. The molecule has 0 aliphatic rings. The first-order chi connectivity index (χ1) is 9.67. The topological polar surface area (TPSA) is 36.4 Å². The van der Waals surface area contributed by atoms with Crippen LogP contribution in [-0.2, 0) is 13.1 Å². The molecule has 2 N–H and O–H groups in total. The maximum atomic E-state index is 4.62. The van der Waals surface area contributed by atoms with Gasteiger partial charge >= 0.3 is 0 Å². The first-order valence-electron chi connectivity index (χ1n) is 6.49. The normalized spacial score (nSPS) is 11.1. The highest BCUT2D eigenvalue weighted by molar-refractivity contribution is 14.0. The predicted octanol–water partition coefficient (Wildman–Crippen LogP) is 4.75. The highest BCUT2D eigenvalue weighted by Gasteiger charge is 2.01. The van der Waals surface area contributed by atoms with E-state index in [1.165, 1.54) is 14.6 Å². The molecule has 0 spiro atoms. The van der Waals surface area contributed by atoms with Crippen molar-refractivity contribution < 1.29 is 0 Å². The van der Waals surface area contributed by atoms with Crippen LogP contribution in [0.3, 0.4) is 0 Å². The number of aryl methyl sites for hydroxylation is 1. The second kappa shape index (κ2) is 9.81. The van der Waals surface area contributed by atoms with Gasteiger partial charge in [-0.1, -0.05) is 0 Å². The highest BCUT2D eigenvalue weighted by Crippen LogP contribution is 2.21. The zero-order valence-corrected chi connectivity index (χ0v) is 17.5. The van der Waals surface area contributed by atoms with E-state index in [1.54, 1.807) is 22.7 Å². The Bertz CT molecular complexity index is 580. The molecular weight excluding hydrogens is 481 g/mol. The van der Waals surface area contributed by atoms with Crippen LogP contribution in [0.1, 0.15) is 21.6 Å². The molecule has 0 saturated heterocycles. The first kappa shape index (κ1) is 18.9. The summed E-state index contributed by atoms with van der Waals surface area (Å²) in [4.78, 5) is 8.52. The molecule has 2 rings (SSSR count). The molecule has 0 saturated carbocycles. The molecule has 0 aliphatic heterocycles. The van der Waals surface area contributed by atoms with Gasteiger partial charge in [0, 0.05) is 21.2 Å². The monoisotopic (exact) mass is 499 g/mol. The molecule has 0 aromatic carbocycles. The van der Waals surface area contributed by atoms with Crippen molar-refractivity contribution in [3.8, 4) is 0 Å². The lowest BCUT2D eigenvalue weighted by atomic mass is 10.4. The fourth-order valence-corrected chi connectivity index (χ4v) is 3.92. The quantitative estimate of drug-likeness (QED) is 0.353. The van der Waals surface area contributed by atoms with E-state index in [-0.39, 0.29) is 24.0 Å². The van der Waals surface area contributed by atoms with Crippen LogP contribution in [-0.4, -0.2) is 12.5 Å². The fraction of sp³-hybridized carbons (Fsp3) is 0.357. The third-order valence-electron chi connectivity index (χ3n) is 2.59. The van der Waals surface area contributed by atoms with E-state index in [2.05, 4.69) is 69.7 Å². The van der Waals surface area contributed by atoms with Crippen molar-refractivity contribution >= 4 is 68.5 Å². The number of guanidine groups is 1. The summed E-state index contributed by atoms with van der Waals surface area (Å²) < 4.78 is 1.16. The number of hydrogen-bond donors (Lipinski definition) is 2. The standard InChI is InChI=1S/C14H18BrN3S2.HI/c1-3-16-14(17-8-11-5-4-10(2)19-11)18-9-12-6-7-13(15)20-12;/h4-7H,3,8-9H2,1-2H3,(H2,16,17,18);1H. The van der Waals surface area contributed by atoms with Crippen LogP contribution in [0.5, 0.6) is 0 Å². The highest BCUT2D eigenvalue weighted by atomic mass is 127. The Morgan fingerprint density at radius 3 is 2.48 bits per heavy atom. The Morgan fingerprint density at radius 2 is 1.90 bits per heavy atom. The number of nitrogens with one attached hydrogen (secondary N) is 2. The second-order valence-corrected chi connectivity index (χ2v) is 8.19. The summed E-state index contributed by atoms with van der Waals surface area (Å²) >= 11 is 7.02. The van der Waals surface area contributed by atoms with Crippen LogP contribution in [0.2, 0.25) is 0 Å². The van der Waals surface area contributed by atoms with Crippen molar-refractivity contribution in [2.45, 2.75) is 26.9 Å². The zero-order valence-electron chi connectivity index (χ0n) is 12.0. The van der Waals surface area contributed by atoms with Gasteiger partial charge in [-0.05, 0) is 54.0 Å². The van der Waals surface area contributed by atoms with Gasteiger partial charge in [-0.15, -0.1) is 46.7 Å². The van der Waals surface area contributed by atoms with E-state index in [9.17, 15) is 0 Å². The minimum absolute atomic E-state index is 0. The lowest BCUT2D eigenvalue weighted by Gasteiger charge is -2.10. The molecule has 0 unspecified atom stereocenters. The number of hydrogen-bond acceptors (Lipinski definition) is 3. The predicted molar refractivity (Wildman–Crippen MR) is 108 cm³/mol. The summed E-state index contributed by atoms with van der Waals surface area (Å²) in [5.41, 5.74) is 0. The van der Waals surface area contributed by atoms with Crippen molar-refractivity contribution in [2.24, 2.45) is 4.99 Å². The van der Waals surface area contributed by atoms with Gasteiger partial charge in [0.2, 0.25) is 0 Å². The first-order valence-corrected chi connectivity index (χ1v) is 8.91. The van der Waals surface area contributed by atoms with Gasteiger partial charge in [-0.3, -0.25) is 0 Å². The number of aliphatic imine (C=N–C) groups is 1. The van der Waals surface area contributed by atoms with Crippen molar-refractivity contribution in [2.75, 3.05) is 6.54 Å². The van der Waals surface area contributed by atoms with Crippen LogP contribution < -0.4 is 10.6 Å². The third-order valence-corrected chi connectivity index (χ3v) is 5.20. The largest absolute Gasteiger partial charge is 0.357 e. The molecule has 3 nitrogen and oxygen atoms in total. The molecule has 0 atom stereocenters. The van der Waals surface area contributed by atoms with Gasteiger partial charge in [-0.2, -0.15) is 0 Å². The molecule has 2 aromatic heterocycles. The van der Waals surface area contributed by atoms with E-state index in [1.807, 2.05) is 0 Å². The average molecular weight is 500 g/mol. The lowest BCUT2D eigenvalue weighted by Crippen LogP contribution is -2.36. The van der Waals surface area contributed by atoms with E-state index in [4.69, 9.17) is 0 Å². The van der Waals surface area contributed by atoms with Crippen molar-refractivity contribution in [1.82, 2.24) is 10.6 Å². The molecule has 7 heteroatoms. The molecule has 2 heterocycles. The molecular formula is C14H19BrIN3S2. The number of rotatable bonds is 5. The Kier molecular flexibility index (Phi) is 8.84. The van der Waals surface area contributed by atoms with Crippen LogP contribution in [0, 0.1) is 6.92 Å². The molecule has 116 valence electrons. The van der Waals surface area contributed by atoms with Crippen LogP contribution >= 0.6 is 62.6 Å². The maximum absolute atomic E-state index is 4.62. The summed E-state index contributed by atoms with van der Waals surface area (Å²) in [7, 11) is 0. The van der Waals surface area contributed by atoms with Gasteiger partial charge < -0.3 is 10.6 Å².